The molecule has 1 aromatic rings. The van der Waals surface area contributed by atoms with E-state index in [-0.39, 0.29) is 11.6 Å². The fraction of sp³-hybridized carbons (Fsp3) is 0.571. The van der Waals surface area contributed by atoms with Gasteiger partial charge in [0.25, 0.3) is 5.91 Å². The van der Waals surface area contributed by atoms with Gasteiger partial charge in [0.15, 0.2) is 0 Å². The van der Waals surface area contributed by atoms with Crippen LogP contribution in [0.1, 0.15) is 47.8 Å². The van der Waals surface area contributed by atoms with Gasteiger partial charge in [-0.3, -0.25) is 4.79 Å². The number of carbonyl (C=O) groups excluding carboxylic acids is 1. The molecule has 1 saturated carbocycles. The largest absolute Gasteiger partial charge is 0.396 e. The van der Waals surface area contributed by atoms with E-state index in [1.165, 1.54) is 37.0 Å². The maximum atomic E-state index is 11.7. The molecular weight excluding hydrogens is 272 g/mol. The second-order valence-corrected chi connectivity index (χ2v) is 6.36. The molecule has 0 bridgehead atoms. The van der Waals surface area contributed by atoms with Crippen LogP contribution in [0.3, 0.4) is 0 Å². The van der Waals surface area contributed by atoms with E-state index in [1.807, 2.05) is 0 Å². The molecule has 6 heteroatoms. The van der Waals surface area contributed by atoms with Crippen LogP contribution in [-0.2, 0) is 0 Å². The lowest BCUT2D eigenvalue weighted by Crippen LogP contribution is -2.17. The van der Waals surface area contributed by atoms with Crippen LogP contribution in [0.5, 0.6) is 0 Å². The van der Waals surface area contributed by atoms with Gasteiger partial charge in [-0.15, -0.1) is 11.3 Å². The topological polar surface area (TPSA) is 90.9 Å². The quantitative estimate of drug-likeness (QED) is 0.751. The number of rotatable bonds is 6. The number of thiophene rings is 1. The van der Waals surface area contributed by atoms with Crippen LogP contribution in [-0.4, -0.2) is 19.5 Å². The number of nitrogens with zero attached hydrogens (tertiary/aromatic N) is 1. The van der Waals surface area contributed by atoms with Gasteiger partial charge in [-0.2, -0.15) is 5.26 Å². The van der Waals surface area contributed by atoms with Gasteiger partial charge in [-0.05, 0) is 24.7 Å². The summed E-state index contributed by atoms with van der Waals surface area (Å²) in [5, 5.41) is 15.8. The van der Waals surface area contributed by atoms with Crippen molar-refractivity contribution < 1.29 is 4.79 Å². The molecule has 0 radical (unpaired) electrons. The molecule has 4 N–H and O–H groups in total. The molecule has 5 nitrogen and oxygen atoms in total. The maximum Gasteiger partial charge on any atom is 0.263 e. The highest BCUT2D eigenvalue weighted by atomic mass is 32.1. The number of nitrogens with one attached hydrogen (secondary N) is 2. The number of anilines is 2. The Morgan fingerprint density at radius 2 is 2.25 bits per heavy atom. The predicted octanol–water partition coefficient (Wildman–Crippen LogP) is 2.55. The van der Waals surface area contributed by atoms with Crippen LogP contribution in [0.15, 0.2) is 0 Å². The van der Waals surface area contributed by atoms with Gasteiger partial charge in [0.1, 0.15) is 21.5 Å². The van der Waals surface area contributed by atoms with Crippen molar-refractivity contribution in [1.29, 1.82) is 5.26 Å². The number of hydrogen-bond donors (Lipinski definition) is 3. The smallest absolute Gasteiger partial charge is 0.263 e. The van der Waals surface area contributed by atoms with E-state index < -0.39 is 0 Å². The van der Waals surface area contributed by atoms with Gasteiger partial charge in [0, 0.05) is 13.6 Å². The van der Waals surface area contributed by atoms with Gasteiger partial charge in [0.05, 0.1) is 5.69 Å². The van der Waals surface area contributed by atoms with Crippen molar-refractivity contribution in [3.05, 3.63) is 10.4 Å². The zero-order valence-electron chi connectivity index (χ0n) is 11.9. The normalized spacial score (nSPS) is 15.4. The summed E-state index contributed by atoms with van der Waals surface area (Å²) in [5.41, 5.74) is 6.94. The van der Waals surface area contributed by atoms with Gasteiger partial charge in [0.2, 0.25) is 0 Å². The van der Waals surface area contributed by atoms with Crippen LogP contribution >= 0.6 is 11.3 Å². The Balaban J connectivity index is 2.16. The molecule has 1 aliphatic carbocycles. The number of nitriles is 1. The number of amides is 1. The SMILES string of the molecule is CCCC1(CNc2sc(C(=O)NC)c(N)c2C#N)CC1. The fourth-order valence-electron chi connectivity index (χ4n) is 2.45. The second kappa shape index (κ2) is 5.71. The van der Waals surface area contributed by atoms with Crippen molar-refractivity contribution in [2.45, 2.75) is 32.6 Å². The molecule has 0 aliphatic heterocycles. The van der Waals surface area contributed by atoms with Crippen molar-refractivity contribution in [1.82, 2.24) is 5.32 Å². The summed E-state index contributed by atoms with van der Waals surface area (Å²) in [7, 11) is 1.56. The molecule has 0 saturated heterocycles. The third-order valence-corrected chi connectivity index (χ3v) is 5.01. The summed E-state index contributed by atoms with van der Waals surface area (Å²) in [5.74, 6) is -0.244. The number of carbonyl (C=O) groups is 1. The fourth-order valence-corrected chi connectivity index (χ4v) is 3.46. The minimum absolute atomic E-state index is 0.244. The molecule has 2 rings (SSSR count). The third-order valence-electron chi connectivity index (χ3n) is 3.85. The molecule has 20 heavy (non-hydrogen) atoms. The Morgan fingerprint density at radius 1 is 1.55 bits per heavy atom. The van der Waals surface area contributed by atoms with Gasteiger partial charge < -0.3 is 16.4 Å². The maximum absolute atomic E-state index is 11.7. The molecule has 108 valence electrons. The lowest BCUT2D eigenvalue weighted by molar-refractivity contribution is 0.0968. The molecule has 0 spiro atoms. The molecule has 1 heterocycles. The van der Waals surface area contributed by atoms with Crippen molar-refractivity contribution >= 4 is 27.9 Å². The highest BCUT2D eigenvalue weighted by Crippen LogP contribution is 2.50. The van der Waals surface area contributed by atoms with Crippen molar-refractivity contribution in [3.63, 3.8) is 0 Å². The van der Waals surface area contributed by atoms with E-state index in [0.717, 1.165) is 6.54 Å². The summed E-state index contributed by atoms with van der Waals surface area (Å²) in [6.45, 7) is 3.04. The Kier molecular flexibility index (Phi) is 4.19. The van der Waals surface area contributed by atoms with Crippen molar-refractivity contribution in [2.75, 3.05) is 24.6 Å². The molecule has 1 aromatic heterocycles. The van der Waals surface area contributed by atoms with E-state index in [1.54, 1.807) is 7.05 Å². The van der Waals surface area contributed by atoms with E-state index in [4.69, 9.17) is 5.73 Å². The van der Waals surface area contributed by atoms with E-state index in [0.29, 0.717) is 20.9 Å². The molecular formula is C14H20N4OS. The van der Waals surface area contributed by atoms with E-state index in [9.17, 15) is 10.1 Å². The molecule has 1 fully saturated rings. The summed E-state index contributed by atoms with van der Waals surface area (Å²) < 4.78 is 0. The summed E-state index contributed by atoms with van der Waals surface area (Å²) >= 11 is 1.26. The summed E-state index contributed by atoms with van der Waals surface area (Å²) in [6, 6.07) is 2.09. The second-order valence-electron chi connectivity index (χ2n) is 5.34. The van der Waals surface area contributed by atoms with Gasteiger partial charge >= 0.3 is 0 Å². The van der Waals surface area contributed by atoms with Crippen molar-refractivity contribution in [2.24, 2.45) is 5.41 Å². The number of nitrogen functional groups attached to an aromatic ring is 1. The first-order valence-corrected chi connectivity index (χ1v) is 7.67. The van der Waals surface area contributed by atoms with Crippen molar-refractivity contribution in [3.8, 4) is 6.07 Å². The zero-order valence-corrected chi connectivity index (χ0v) is 12.7. The first kappa shape index (κ1) is 14.7. The van der Waals surface area contributed by atoms with Crippen LogP contribution in [0, 0.1) is 16.7 Å². The van der Waals surface area contributed by atoms with Crippen LogP contribution in [0.2, 0.25) is 0 Å². The average molecular weight is 292 g/mol. The molecule has 0 aromatic carbocycles. The number of nitrogens with two attached hydrogens (primary N) is 1. The first-order chi connectivity index (χ1) is 9.56. The molecule has 0 unspecified atom stereocenters. The summed E-state index contributed by atoms with van der Waals surface area (Å²) in [4.78, 5) is 12.1. The minimum Gasteiger partial charge on any atom is -0.396 e. The lowest BCUT2D eigenvalue weighted by atomic mass is 10.0. The zero-order chi connectivity index (χ0) is 14.8. The Bertz CT molecular complexity index is 554. The van der Waals surface area contributed by atoms with Crippen LogP contribution in [0.25, 0.3) is 0 Å². The Morgan fingerprint density at radius 3 is 2.75 bits per heavy atom. The highest BCUT2D eigenvalue weighted by molar-refractivity contribution is 7.18. The minimum atomic E-state index is -0.244. The monoisotopic (exact) mass is 292 g/mol. The first-order valence-electron chi connectivity index (χ1n) is 6.85. The highest BCUT2D eigenvalue weighted by Gasteiger charge is 2.41. The van der Waals surface area contributed by atoms with Crippen LogP contribution < -0.4 is 16.4 Å². The van der Waals surface area contributed by atoms with E-state index >= 15 is 0 Å². The predicted molar refractivity (Wildman–Crippen MR) is 81.9 cm³/mol. The summed E-state index contributed by atoms with van der Waals surface area (Å²) in [6.07, 6.45) is 4.84. The van der Waals surface area contributed by atoms with Gasteiger partial charge in [-0.25, -0.2) is 0 Å². The average Bonchev–Trinajstić information content (AvgIpc) is 3.13. The molecule has 0 atom stereocenters. The molecule has 1 amide bonds. The van der Waals surface area contributed by atoms with Gasteiger partial charge in [-0.1, -0.05) is 13.3 Å². The van der Waals surface area contributed by atoms with Crippen LogP contribution in [0.4, 0.5) is 10.7 Å². The lowest BCUT2D eigenvalue weighted by Gasteiger charge is -2.14. The Labute approximate surface area is 123 Å². The standard InChI is InChI=1S/C14H20N4OS/c1-3-4-14(5-6-14)8-18-13-9(7-15)10(16)11(20-13)12(19)17-2/h18H,3-6,8,16H2,1-2H3,(H,17,19). The third kappa shape index (κ3) is 2.73. The Hall–Kier alpha value is -1.74. The number of hydrogen-bond acceptors (Lipinski definition) is 5. The molecule has 1 aliphatic rings. The van der Waals surface area contributed by atoms with E-state index in [2.05, 4.69) is 23.6 Å².